The molecule has 0 spiro atoms. The number of fused-ring (bicyclic) bond motifs is 1. The standard InChI is InChI=1S/C22H23ClFN3O3S/c1-25-20(28)14-7-5-13(6-8-14)11-27-21(29)19-18(9-10-31-19)26(22(27)30)12-15-16(23)3-2-4-17(15)24/h2-4,9-10,13-14H,5-8,11-12H2,1H3,(H,25,28). The first-order chi connectivity index (χ1) is 14.9. The van der Waals surface area contributed by atoms with Gasteiger partial charge in [-0.2, -0.15) is 0 Å². The van der Waals surface area contributed by atoms with Crippen molar-refractivity contribution in [2.45, 2.75) is 38.8 Å². The van der Waals surface area contributed by atoms with Gasteiger partial charge in [0.2, 0.25) is 5.91 Å². The third kappa shape index (κ3) is 4.19. The molecule has 2 aromatic heterocycles. The summed E-state index contributed by atoms with van der Waals surface area (Å²) in [5.41, 5.74) is -0.0862. The summed E-state index contributed by atoms with van der Waals surface area (Å²) in [7, 11) is 1.63. The third-order valence-electron chi connectivity index (χ3n) is 6.12. The number of halogens is 2. The van der Waals surface area contributed by atoms with Crippen LogP contribution in [0.2, 0.25) is 5.02 Å². The number of nitrogens with one attached hydrogen (secondary N) is 1. The highest BCUT2D eigenvalue weighted by atomic mass is 35.5. The van der Waals surface area contributed by atoms with Gasteiger partial charge in [0.1, 0.15) is 10.5 Å². The second-order valence-corrected chi connectivity index (χ2v) is 9.27. The fourth-order valence-electron chi connectivity index (χ4n) is 4.36. The van der Waals surface area contributed by atoms with Gasteiger partial charge in [0.05, 0.1) is 12.1 Å². The van der Waals surface area contributed by atoms with E-state index in [9.17, 15) is 18.8 Å². The first kappa shape index (κ1) is 21.8. The van der Waals surface area contributed by atoms with Crippen molar-refractivity contribution >= 4 is 39.1 Å². The zero-order valence-electron chi connectivity index (χ0n) is 17.1. The van der Waals surface area contributed by atoms with E-state index in [0.29, 0.717) is 10.2 Å². The van der Waals surface area contributed by atoms with E-state index in [-0.39, 0.29) is 47.0 Å². The molecule has 3 aromatic rings. The van der Waals surface area contributed by atoms with Gasteiger partial charge >= 0.3 is 5.69 Å². The Morgan fingerprint density at radius 1 is 1.19 bits per heavy atom. The maximum atomic E-state index is 14.4. The smallest absolute Gasteiger partial charge is 0.331 e. The molecule has 2 heterocycles. The SMILES string of the molecule is CNC(=O)C1CCC(Cn2c(=O)c3sccc3n(Cc3c(F)cccc3Cl)c2=O)CC1. The van der Waals surface area contributed by atoms with Crippen molar-refractivity contribution in [3.8, 4) is 0 Å². The average molecular weight is 464 g/mol. The Balaban J connectivity index is 1.68. The molecular weight excluding hydrogens is 441 g/mol. The molecule has 0 aliphatic heterocycles. The monoisotopic (exact) mass is 463 g/mol. The van der Waals surface area contributed by atoms with E-state index in [1.165, 1.54) is 32.6 Å². The molecule has 1 aliphatic carbocycles. The highest BCUT2D eigenvalue weighted by Crippen LogP contribution is 2.30. The number of hydrogen-bond acceptors (Lipinski definition) is 4. The lowest BCUT2D eigenvalue weighted by molar-refractivity contribution is -0.125. The molecule has 1 aromatic carbocycles. The van der Waals surface area contributed by atoms with E-state index in [0.717, 1.165) is 25.7 Å². The molecule has 0 saturated heterocycles. The number of amides is 1. The van der Waals surface area contributed by atoms with E-state index < -0.39 is 11.5 Å². The summed E-state index contributed by atoms with van der Waals surface area (Å²) in [6, 6.07) is 6.10. The molecule has 0 unspecified atom stereocenters. The van der Waals surface area contributed by atoms with Crippen molar-refractivity contribution in [2.24, 2.45) is 11.8 Å². The number of benzene rings is 1. The number of nitrogens with zero attached hydrogens (tertiary/aromatic N) is 2. The molecule has 164 valence electrons. The van der Waals surface area contributed by atoms with Crippen LogP contribution in [0.4, 0.5) is 4.39 Å². The second-order valence-electron chi connectivity index (χ2n) is 7.95. The lowest BCUT2D eigenvalue weighted by Gasteiger charge is -2.27. The van der Waals surface area contributed by atoms with Crippen LogP contribution < -0.4 is 16.6 Å². The first-order valence-electron chi connectivity index (χ1n) is 10.3. The Kier molecular flexibility index (Phi) is 6.29. The van der Waals surface area contributed by atoms with Crippen LogP contribution in [-0.2, 0) is 17.9 Å². The quantitative estimate of drug-likeness (QED) is 0.628. The highest BCUT2D eigenvalue weighted by molar-refractivity contribution is 7.17. The predicted octanol–water partition coefficient (Wildman–Crippen LogP) is 3.62. The summed E-state index contributed by atoms with van der Waals surface area (Å²) < 4.78 is 17.5. The average Bonchev–Trinajstić information content (AvgIpc) is 3.26. The van der Waals surface area contributed by atoms with Crippen LogP contribution in [0.1, 0.15) is 31.2 Å². The summed E-state index contributed by atoms with van der Waals surface area (Å²) in [6.45, 7) is 0.234. The lowest BCUT2D eigenvalue weighted by Crippen LogP contribution is -2.42. The van der Waals surface area contributed by atoms with Crippen LogP contribution in [0.25, 0.3) is 10.2 Å². The van der Waals surface area contributed by atoms with Gasteiger partial charge < -0.3 is 5.32 Å². The lowest BCUT2D eigenvalue weighted by atomic mass is 9.81. The third-order valence-corrected chi connectivity index (χ3v) is 7.36. The largest absolute Gasteiger partial charge is 0.359 e. The summed E-state index contributed by atoms with van der Waals surface area (Å²) in [5.74, 6) is -0.334. The molecule has 0 radical (unpaired) electrons. The molecule has 1 fully saturated rings. The minimum atomic E-state index is -0.493. The molecule has 0 bridgehead atoms. The van der Waals surface area contributed by atoms with Crippen molar-refractivity contribution in [3.63, 3.8) is 0 Å². The Bertz CT molecular complexity index is 1220. The number of carbonyl (C=O) groups is 1. The maximum absolute atomic E-state index is 14.4. The molecule has 1 N–H and O–H groups in total. The first-order valence-corrected chi connectivity index (χ1v) is 11.5. The van der Waals surface area contributed by atoms with E-state index in [4.69, 9.17) is 11.6 Å². The molecular formula is C22H23ClFN3O3S. The Morgan fingerprint density at radius 2 is 1.94 bits per heavy atom. The second kappa shape index (κ2) is 8.96. The number of carbonyl (C=O) groups excluding carboxylic acids is 1. The van der Waals surface area contributed by atoms with Gasteiger partial charge in [-0.25, -0.2) is 9.18 Å². The number of thiophene rings is 1. The fourth-order valence-corrected chi connectivity index (χ4v) is 5.42. The normalized spacial score (nSPS) is 18.9. The Labute approximate surface area is 187 Å². The zero-order valence-corrected chi connectivity index (χ0v) is 18.6. The van der Waals surface area contributed by atoms with Crippen molar-refractivity contribution < 1.29 is 9.18 Å². The molecule has 31 heavy (non-hydrogen) atoms. The number of aromatic nitrogens is 2. The minimum Gasteiger partial charge on any atom is -0.359 e. The van der Waals surface area contributed by atoms with Gasteiger partial charge in [0, 0.05) is 30.1 Å². The molecule has 6 nitrogen and oxygen atoms in total. The fraction of sp³-hybridized carbons (Fsp3) is 0.409. The number of rotatable bonds is 5. The minimum absolute atomic E-state index is 0.0161. The van der Waals surface area contributed by atoms with Gasteiger partial charge in [-0.05, 0) is 55.2 Å². The highest BCUT2D eigenvalue weighted by Gasteiger charge is 2.27. The van der Waals surface area contributed by atoms with Crippen molar-refractivity contribution in [1.29, 1.82) is 0 Å². The topological polar surface area (TPSA) is 73.1 Å². The van der Waals surface area contributed by atoms with E-state index in [1.807, 2.05) is 0 Å². The molecule has 1 saturated carbocycles. The summed E-state index contributed by atoms with van der Waals surface area (Å²) >= 11 is 7.45. The van der Waals surface area contributed by atoms with Gasteiger partial charge in [0.15, 0.2) is 0 Å². The van der Waals surface area contributed by atoms with Gasteiger partial charge in [0.25, 0.3) is 5.56 Å². The van der Waals surface area contributed by atoms with Crippen LogP contribution >= 0.6 is 22.9 Å². The van der Waals surface area contributed by atoms with Crippen LogP contribution in [0, 0.1) is 17.7 Å². The molecule has 9 heteroatoms. The van der Waals surface area contributed by atoms with E-state index in [2.05, 4.69) is 5.32 Å². The summed E-state index contributed by atoms with van der Waals surface area (Å²) in [4.78, 5) is 38.2. The molecule has 4 rings (SSSR count). The van der Waals surface area contributed by atoms with Crippen molar-refractivity contribution in [2.75, 3.05) is 7.05 Å². The van der Waals surface area contributed by atoms with Crippen LogP contribution in [-0.4, -0.2) is 22.1 Å². The van der Waals surface area contributed by atoms with Crippen LogP contribution in [0.15, 0.2) is 39.2 Å². The van der Waals surface area contributed by atoms with Crippen LogP contribution in [0.3, 0.4) is 0 Å². The Hall–Kier alpha value is -2.45. The number of hydrogen-bond donors (Lipinski definition) is 1. The van der Waals surface area contributed by atoms with Crippen LogP contribution in [0.5, 0.6) is 0 Å². The molecule has 1 amide bonds. The zero-order chi connectivity index (χ0) is 22.1. The van der Waals surface area contributed by atoms with Crippen molar-refractivity contribution in [1.82, 2.24) is 14.5 Å². The maximum Gasteiger partial charge on any atom is 0.331 e. The van der Waals surface area contributed by atoms with Gasteiger partial charge in [-0.15, -0.1) is 11.3 Å². The summed E-state index contributed by atoms with van der Waals surface area (Å²) in [5, 5.41) is 4.68. The Morgan fingerprint density at radius 3 is 2.61 bits per heavy atom. The van der Waals surface area contributed by atoms with E-state index >= 15 is 0 Å². The molecule has 0 atom stereocenters. The van der Waals surface area contributed by atoms with Crippen molar-refractivity contribution in [3.05, 3.63) is 66.9 Å². The molecule has 1 aliphatic rings. The van der Waals surface area contributed by atoms with E-state index in [1.54, 1.807) is 24.6 Å². The predicted molar refractivity (Wildman–Crippen MR) is 120 cm³/mol. The summed E-state index contributed by atoms with van der Waals surface area (Å²) in [6.07, 6.45) is 3.01. The van der Waals surface area contributed by atoms with Gasteiger partial charge in [-0.3, -0.25) is 18.7 Å². The van der Waals surface area contributed by atoms with Gasteiger partial charge in [-0.1, -0.05) is 17.7 Å².